The lowest BCUT2D eigenvalue weighted by Crippen LogP contribution is -2.45. The van der Waals surface area contributed by atoms with Crippen molar-refractivity contribution in [3.05, 3.63) is 95.1 Å². The van der Waals surface area contributed by atoms with Crippen LogP contribution in [0.1, 0.15) is 47.6 Å². The van der Waals surface area contributed by atoms with E-state index in [1.54, 1.807) is 18.5 Å². The van der Waals surface area contributed by atoms with Gasteiger partial charge in [0.25, 0.3) is 5.91 Å². The van der Waals surface area contributed by atoms with Crippen molar-refractivity contribution in [1.82, 2.24) is 25.8 Å². The SMILES string of the molecule is C[C@@H](NC(=O)c1cccc(NC2(c3nnc(-c4ccncc4)o3)CCNCC2)c1)c1ccccc1Cl. The summed E-state index contributed by atoms with van der Waals surface area (Å²) in [6.45, 7) is 3.52. The van der Waals surface area contributed by atoms with E-state index in [9.17, 15) is 4.79 Å². The molecule has 36 heavy (non-hydrogen) atoms. The zero-order chi connectivity index (χ0) is 25.0. The molecule has 9 heteroatoms. The fourth-order valence-corrected chi connectivity index (χ4v) is 4.77. The number of rotatable bonds is 7. The van der Waals surface area contributed by atoms with Gasteiger partial charge in [-0.3, -0.25) is 9.78 Å². The van der Waals surface area contributed by atoms with Crippen molar-refractivity contribution < 1.29 is 9.21 Å². The number of hydrogen-bond donors (Lipinski definition) is 3. The predicted octanol–water partition coefficient (Wildman–Crippen LogP) is 4.97. The third-order valence-electron chi connectivity index (χ3n) is 6.45. The van der Waals surface area contributed by atoms with E-state index < -0.39 is 5.54 Å². The smallest absolute Gasteiger partial charge is 0.251 e. The molecule has 1 aliphatic heterocycles. The highest BCUT2D eigenvalue weighted by Gasteiger charge is 2.39. The summed E-state index contributed by atoms with van der Waals surface area (Å²) in [6, 6.07) is 18.4. The highest BCUT2D eigenvalue weighted by molar-refractivity contribution is 6.31. The van der Waals surface area contributed by atoms with Crippen LogP contribution in [0.4, 0.5) is 5.69 Å². The van der Waals surface area contributed by atoms with Gasteiger partial charge in [-0.2, -0.15) is 0 Å². The maximum absolute atomic E-state index is 13.1. The first-order valence-electron chi connectivity index (χ1n) is 11.9. The van der Waals surface area contributed by atoms with E-state index in [1.165, 1.54) is 0 Å². The minimum absolute atomic E-state index is 0.178. The number of aromatic nitrogens is 3. The number of anilines is 1. The van der Waals surface area contributed by atoms with E-state index >= 15 is 0 Å². The van der Waals surface area contributed by atoms with Gasteiger partial charge in [0.2, 0.25) is 11.8 Å². The number of nitrogens with one attached hydrogen (secondary N) is 3. The Labute approximate surface area is 214 Å². The first kappa shape index (κ1) is 24.0. The molecule has 0 spiro atoms. The van der Waals surface area contributed by atoms with Gasteiger partial charge >= 0.3 is 0 Å². The van der Waals surface area contributed by atoms with Crippen LogP contribution in [0.2, 0.25) is 5.02 Å². The van der Waals surface area contributed by atoms with Crippen LogP contribution in [-0.2, 0) is 5.54 Å². The first-order valence-corrected chi connectivity index (χ1v) is 12.3. The molecule has 1 saturated heterocycles. The molecule has 8 nitrogen and oxygen atoms in total. The molecule has 184 valence electrons. The molecule has 0 saturated carbocycles. The maximum Gasteiger partial charge on any atom is 0.251 e. The van der Waals surface area contributed by atoms with Crippen LogP contribution in [0, 0.1) is 0 Å². The van der Waals surface area contributed by atoms with E-state index in [4.69, 9.17) is 16.0 Å². The number of carbonyl (C=O) groups is 1. The Morgan fingerprint density at radius 3 is 2.61 bits per heavy atom. The molecule has 1 atom stereocenters. The maximum atomic E-state index is 13.1. The molecule has 2 aromatic heterocycles. The lowest BCUT2D eigenvalue weighted by atomic mass is 9.87. The summed E-state index contributed by atoms with van der Waals surface area (Å²) in [5, 5.41) is 19.4. The number of amides is 1. The van der Waals surface area contributed by atoms with Gasteiger partial charge in [-0.1, -0.05) is 35.9 Å². The average molecular weight is 503 g/mol. The minimum atomic E-state index is -0.552. The zero-order valence-corrected chi connectivity index (χ0v) is 20.6. The van der Waals surface area contributed by atoms with Crippen molar-refractivity contribution >= 4 is 23.2 Å². The minimum Gasteiger partial charge on any atom is -0.418 e. The van der Waals surface area contributed by atoms with Crippen molar-refractivity contribution in [3.63, 3.8) is 0 Å². The van der Waals surface area contributed by atoms with Gasteiger partial charge < -0.3 is 20.4 Å². The van der Waals surface area contributed by atoms with Gasteiger partial charge in [-0.25, -0.2) is 0 Å². The van der Waals surface area contributed by atoms with Crippen LogP contribution in [0.3, 0.4) is 0 Å². The third kappa shape index (κ3) is 5.10. The fraction of sp³-hybridized carbons (Fsp3) is 0.259. The summed E-state index contributed by atoms with van der Waals surface area (Å²) < 4.78 is 6.14. The van der Waals surface area contributed by atoms with Crippen molar-refractivity contribution in [2.45, 2.75) is 31.3 Å². The highest BCUT2D eigenvalue weighted by Crippen LogP contribution is 2.35. The molecule has 3 N–H and O–H groups in total. The Morgan fingerprint density at radius 2 is 1.83 bits per heavy atom. The topological polar surface area (TPSA) is 105 Å². The normalized spacial score (nSPS) is 15.7. The van der Waals surface area contributed by atoms with Crippen molar-refractivity contribution in [3.8, 4) is 11.5 Å². The standard InChI is InChI=1S/C27H27ClN6O2/c1-18(22-7-2-3-8-23(22)28)31-24(35)20-5-4-6-21(17-20)32-27(11-15-30-16-12-27)26-34-33-25(36-26)19-9-13-29-14-10-19/h2-10,13-14,17-18,30,32H,11-12,15-16H2,1H3,(H,31,35)/t18-/m1/s1. The average Bonchev–Trinajstić information content (AvgIpc) is 3.41. The quantitative estimate of drug-likeness (QED) is 0.328. The number of carbonyl (C=O) groups excluding carboxylic acids is 1. The molecule has 0 aliphatic carbocycles. The van der Waals surface area contributed by atoms with Crippen molar-refractivity contribution in [2.24, 2.45) is 0 Å². The largest absolute Gasteiger partial charge is 0.418 e. The zero-order valence-electron chi connectivity index (χ0n) is 19.9. The van der Waals surface area contributed by atoms with Crippen LogP contribution in [0.25, 0.3) is 11.5 Å². The number of benzene rings is 2. The number of nitrogens with zero attached hydrogens (tertiary/aromatic N) is 3. The molecule has 0 radical (unpaired) electrons. The van der Waals surface area contributed by atoms with E-state index in [0.29, 0.717) is 22.4 Å². The van der Waals surface area contributed by atoms with Crippen molar-refractivity contribution in [2.75, 3.05) is 18.4 Å². The highest BCUT2D eigenvalue weighted by atomic mass is 35.5. The van der Waals surface area contributed by atoms with E-state index in [2.05, 4.69) is 31.1 Å². The molecular weight excluding hydrogens is 476 g/mol. The van der Waals surface area contributed by atoms with Crippen LogP contribution in [0.5, 0.6) is 0 Å². The number of halogens is 1. The van der Waals surface area contributed by atoms with E-state index in [0.717, 1.165) is 42.7 Å². The Bertz CT molecular complexity index is 1340. The lowest BCUT2D eigenvalue weighted by molar-refractivity contribution is 0.0940. The van der Waals surface area contributed by atoms with Crippen LogP contribution in [-0.4, -0.2) is 34.2 Å². The Balaban J connectivity index is 1.37. The summed E-state index contributed by atoms with van der Waals surface area (Å²) in [4.78, 5) is 17.1. The third-order valence-corrected chi connectivity index (χ3v) is 6.79. The summed E-state index contributed by atoms with van der Waals surface area (Å²) >= 11 is 6.31. The van der Waals surface area contributed by atoms with E-state index in [1.807, 2.05) is 61.5 Å². The summed E-state index contributed by atoms with van der Waals surface area (Å²) in [5.74, 6) is 0.801. The summed E-state index contributed by atoms with van der Waals surface area (Å²) in [6.07, 6.45) is 4.90. The first-order chi connectivity index (χ1) is 17.5. The molecule has 0 bridgehead atoms. The molecule has 3 heterocycles. The molecule has 5 rings (SSSR count). The van der Waals surface area contributed by atoms with Crippen LogP contribution in [0.15, 0.2) is 77.5 Å². The molecule has 1 fully saturated rings. The molecule has 2 aromatic carbocycles. The monoisotopic (exact) mass is 502 g/mol. The lowest BCUT2D eigenvalue weighted by Gasteiger charge is -2.36. The van der Waals surface area contributed by atoms with Gasteiger partial charge in [-0.15, -0.1) is 10.2 Å². The number of hydrogen-bond acceptors (Lipinski definition) is 7. The molecule has 0 unspecified atom stereocenters. The van der Waals surface area contributed by atoms with E-state index in [-0.39, 0.29) is 11.9 Å². The van der Waals surface area contributed by atoms with Gasteiger partial charge in [0.05, 0.1) is 6.04 Å². The molecule has 1 aliphatic rings. The molecule has 4 aromatic rings. The number of piperidine rings is 1. The Hall–Kier alpha value is -3.75. The van der Waals surface area contributed by atoms with Gasteiger partial charge in [0.1, 0.15) is 5.54 Å². The predicted molar refractivity (Wildman–Crippen MR) is 139 cm³/mol. The van der Waals surface area contributed by atoms with Gasteiger partial charge in [0, 0.05) is 34.2 Å². The summed E-state index contributed by atoms with van der Waals surface area (Å²) in [7, 11) is 0. The second-order valence-corrected chi connectivity index (χ2v) is 9.31. The second-order valence-electron chi connectivity index (χ2n) is 8.90. The number of pyridine rings is 1. The van der Waals surface area contributed by atoms with Crippen LogP contribution >= 0.6 is 11.6 Å². The van der Waals surface area contributed by atoms with Gasteiger partial charge in [0.15, 0.2) is 0 Å². The Kier molecular flexibility index (Phi) is 6.97. The van der Waals surface area contributed by atoms with Crippen LogP contribution < -0.4 is 16.0 Å². The Morgan fingerprint density at radius 1 is 1.06 bits per heavy atom. The summed E-state index contributed by atoms with van der Waals surface area (Å²) in [5.41, 5.74) is 2.49. The fourth-order valence-electron chi connectivity index (χ4n) is 4.47. The molecular formula is C27H27ClN6O2. The molecule has 1 amide bonds. The van der Waals surface area contributed by atoms with Crippen molar-refractivity contribution in [1.29, 1.82) is 0 Å². The van der Waals surface area contributed by atoms with Gasteiger partial charge in [-0.05, 0) is 74.8 Å². The second kappa shape index (κ2) is 10.5.